The van der Waals surface area contributed by atoms with Crippen LogP contribution in [0.3, 0.4) is 0 Å². The number of hydrogen-bond acceptors (Lipinski definition) is 5. The SMILES string of the molecule is CCNC(=O)c1c(OC)cc(-c2cnc3cc(C(C)(C)C(N)=O)ccn23)cc1OC. The summed E-state index contributed by atoms with van der Waals surface area (Å²) in [5, 5.41) is 2.77. The first-order chi connectivity index (χ1) is 14.2. The van der Waals surface area contributed by atoms with Crippen LogP contribution in [-0.4, -0.2) is 42.0 Å². The summed E-state index contributed by atoms with van der Waals surface area (Å²) in [4.78, 5) is 28.7. The largest absolute Gasteiger partial charge is 0.496 e. The molecule has 0 radical (unpaired) electrons. The van der Waals surface area contributed by atoms with Crippen LogP contribution in [0, 0.1) is 0 Å². The number of nitrogens with two attached hydrogens (primary N) is 1. The third kappa shape index (κ3) is 3.56. The number of methoxy groups -OCH3 is 2. The minimum absolute atomic E-state index is 0.269. The Morgan fingerprint density at radius 3 is 2.33 bits per heavy atom. The molecule has 3 aromatic rings. The summed E-state index contributed by atoms with van der Waals surface area (Å²) in [6, 6.07) is 7.24. The number of rotatable bonds is 7. The molecule has 158 valence electrons. The fourth-order valence-corrected chi connectivity index (χ4v) is 3.26. The standard InChI is InChI=1S/C22H26N4O4/c1-6-24-20(27)19-16(29-4)9-13(10-17(19)30-5)15-12-25-18-11-14(7-8-26(15)18)22(2,3)21(23)28/h7-12H,6H2,1-5H3,(H2,23,28)(H,24,27). The molecular formula is C22H26N4O4. The number of pyridine rings is 1. The molecule has 0 saturated carbocycles. The minimum atomic E-state index is -0.811. The number of benzene rings is 1. The van der Waals surface area contributed by atoms with E-state index in [9.17, 15) is 9.59 Å². The van der Waals surface area contributed by atoms with Crippen LogP contribution in [0.15, 0.2) is 36.7 Å². The summed E-state index contributed by atoms with van der Waals surface area (Å²) in [6.45, 7) is 5.89. The number of carbonyl (C=O) groups is 2. The van der Waals surface area contributed by atoms with E-state index >= 15 is 0 Å². The molecule has 0 saturated heterocycles. The molecular weight excluding hydrogens is 384 g/mol. The van der Waals surface area contributed by atoms with E-state index in [0.717, 1.165) is 16.8 Å². The fourth-order valence-electron chi connectivity index (χ4n) is 3.26. The van der Waals surface area contributed by atoms with E-state index in [-0.39, 0.29) is 5.91 Å². The Balaban J connectivity index is 2.14. The summed E-state index contributed by atoms with van der Waals surface area (Å²) in [7, 11) is 3.02. The van der Waals surface area contributed by atoms with Gasteiger partial charge in [0.2, 0.25) is 5.91 Å². The van der Waals surface area contributed by atoms with Crippen molar-refractivity contribution in [2.45, 2.75) is 26.2 Å². The van der Waals surface area contributed by atoms with Gasteiger partial charge in [-0.15, -0.1) is 0 Å². The minimum Gasteiger partial charge on any atom is -0.496 e. The zero-order valence-corrected chi connectivity index (χ0v) is 17.8. The summed E-state index contributed by atoms with van der Waals surface area (Å²) >= 11 is 0. The third-order valence-corrected chi connectivity index (χ3v) is 5.22. The van der Waals surface area contributed by atoms with E-state index in [1.807, 2.05) is 29.7 Å². The molecule has 0 atom stereocenters. The molecule has 1 aromatic carbocycles. The van der Waals surface area contributed by atoms with E-state index in [4.69, 9.17) is 15.2 Å². The van der Waals surface area contributed by atoms with Crippen LogP contribution in [-0.2, 0) is 10.2 Å². The Bertz CT molecular complexity index is 1090. The first-order valence-corrected chi connectivity index (χ1v) is 9.56. The topological polar surface area (TPSA) is 108 Å². The highest BCUT2D eigenvalue weighted by molar-refractivity contribution is 6.00. The van der Waals surface area contributed by atoms with Gasteiger partial charge in [0.15, 0.2) is 0 Å². The molecule has 0 aliphatic heterocycles. The number of imidazole rings is 1. The van der Waals surface area contributed by atoms with Crippen LogP contribution < -0.4 is 20.5 Å². The first kappa shape index (κ1) is 21.2. The van der Waals surface area contributed by atoms with Crippen molar-refractivity contribution in [1.82, 2.24) is 14.7 Å². The lowest BCUT2D eigenvalue weighted by molar-refractivity contribution is -0.122. The Kier molecular flexibility index (Phi) is 5.69. The van der Waals surface area contributed by atoms with Gasteiger partial charge in [0.25, 0.3) is 5.91 Å². The average molecular weight is 410 g/mol. The lowest BCUT2D eigenvalue weighted by Crippen LogP contribution is -2.35. The van der Waals surface area contributed by atoms with E-state index in [0.29, 0.717) is 29.3 Å². The molecule has 8 nitrogen and oxygen atoms in total. The van der Waals surface area contributed by atoms with Gasteiger partial charge >= 0.3 is 0 Å². The molecule has 0 spiro atoms. The van der Waals surface area contributed by atoms with Gasteiger partial charge in [-0.05, 0) is 50.6 Å². The number of aromatic nitrogens is 2. The summed E-state index contributed by atoms with van der Waals surface area (Å²) in [5.41, 5.74) is 8.07. The molecule has 0 fully saturated rings. The number of primary amides is 1. The van der Waals surface area contributed by atoms with Crippen LogP contribution in [0.1, 0.15) is 36.7 Å². The van der Waals surface area contributed by atoms with Crippen molar-refractivity contribution >= 4 is 17.5 Å². The lowest BCUT2D eigenvalue weighted by atomic mass is 9.84. The van der Waals surface area contributed by atoms with Gasteiger partial charge in [-0.3, -0.25) is 14.0 Å². The van der Waals surface area contributed by atoms with Crippen molar-refractivity contribution in [2.24, 2.45) is 5.73 Å². The number of fused-ring (bicyclic) bond motifs is 1. The number of carbonyl (C=O) groups excluding carboxylic acids is 2. The van der Waals surface area contributed by atoms with Crippen molar-refractivity contribution in [2.75, 3.05) is 20.8 Å². The van der Waals surface area contributed by atoms with E-state index < -0.39 is 11.3 Å². The average Bonchev–Trinajstić information content (AvgIpc) is 3.15. The van der Waals surface area contributed by atoms with E-state index in [2.05, 4.69) is 10.3 Å². The number of nitrogens with zero attached hydrogens (tertiary/aromatic N) is 2. The summed E-state index contributed by atoms with van der Waals surface area (Å²) in [5.74, 6) is 0.122. The second kappa shape index (κ2) is 8.06. The highest BCUT2D eigenvalue weighted by Gasteiger charge is 2.28. The van der Waals surface area contributed by atoms with Crippen LogP contribution in [0.5, 0.6) is 11.5 Å². The first-order valence-electron chi connectivity index (χ1n) is 9.56. The smallest absolute Gasteiger partial charge is 0.258 e. The maximum absolute atomic E-state index is 12.5. The van der Waals surface area contributed by atoms with Crippen LogP contribution in [0.25, 0.3) is 16.9 Å². The van der Waals surface area contributed by atoms with Crippen LogP contribution in [0.4, 0.5) is 0 Å². The Morgan fingerprint density at radius 2 is 1.80 bits per heavy atom. The molecule has 0 bridgehead atoms. The Morgan fingerprint density at radius 1 is 1.17 bits per heavy atom. The maximum Gasteiger partial charge on any atom is 0.258 e. The van der Waals surface area contributed by atoms with Gasteiger partial charge < -0.3 is 20.5 Å². The van der Waals surface area contributed by atoms with Crippen molar-refractivity contribution in [3.8, 4) is 22.8 Å². The number of hydrogen-bond donors (Lipinski definition) is 2. The predicted molar refractivity (Wildman–Crippen MR) is 114 cm³/mol. The van der Waals surface area contributed by atoms with E-state index in [1.165, 1.54) is 14.2 Å². The molecule has 2 aromatic heterocycles. The Hall–Kier alpha value is -3.55. The normalized spacial score (nSPS) is 11.4. The maximum atomic E-state index is 12.5. The number of ether oxygens (including phenoxy) is 2. The molecule has 2 heterocycles. The van der Waals surface area contributed by atoms with Crippen molar-refractivity contribution in [1.29, 1.82) is 0 Å². The number of amides is 2. The molecule has 8 heteroatoms. The lowest BCUT2D eigenvalue weighted by Gasteiger charge is -2.21. The van der Waals surface area contributed by atoms with Gasteiger partial charge in [0.1, 0.15) is 22.7 Å². The summed E-state index contributed by atoms with van der Waals surface area (Å²) < 4.78 is 12.8. The fraction of sp³-hybridized carbons (Fsp3) is 0.318. The third-order valence-electron chi connectivity index (χ3n) is 5.22. The zero-order chi connectivity index (χ0) is 22.1. The highest BCUT2D eigenvalue weighted by Crippen LogP contribution is 2.35. The van der Waals surface area contributed by atoms with Gasteiger partial charge in [-0.25, -0.2) is 4.98 Å². The quantitative estimate of drug-likeness (QED) is 0.622. The Labute approximate surface area is 175 Å². The van der Waals surface area contributed by atoms with Gasteiger partial charge in [0.05, 0.1) is 31.5 Å². The molecule has 3 rings (SSSR count). The van der Waals surface area contributed by atoms with Crippen molar-refractivity contribution in [3.63, 3.8) is 0 Å². The molecule has 0 unspecified atom stereocenters. The zero-order valence-electron chi connectivity index (χ0n) is 17.8. The van der Waals surface area contributed by atoms with Crippen molar-refractivity contribution < 1.29 is 19.1 Å². The highest BCUT2D eigenvalue weighted by atomic mass is 16.5. The van der Waals surface area contributed by atoms with Gasteiger partial charge in [0, 0.05) is 18.3 Å². The second-order valence-corrected chi connectivity index (χ2v) is 7.39. The predicted octanol–water partition coefficient (Wildman–Crippen LogP) is 2.53. The molecule has 0 aliphatic carbocycles. The molecule has 3 N–H and O–H groups in total. The summed E-state index contributed by atoms with van der Waals surface area (Å²) in [6.07, 6.45) is 3.56. The molecule has 0 aliphatic rings. The van der Waals surface area contributed by atoms with Crippen LogP contribution >= 0.6 is 0 Å². The van der Waals surface area contributed by atoms with Gasteiger partial charge in [-0.2, -0.15) is 0 Å². The number of nitrogens with one attached hydrogen (secondary N) is 1. The van der Waals surface area contributed by atoms with Crippen LogP contribution in [0.2, 0.25) is 0 Å². The van der Waals surface area contributed by atoms with Gasteiger partial charge in [-0.1, -0.05) is 0 Å². The molecule has 2 amide bonds. The van der Waals surface area contributed by atoms with E-state index in [1.54, 1.807) is 32.2 Å². The second-order valence-electron chi connectivity index (χ2n) is 7.39. The molecule has 30 heavy (non-hydrogen) atoms. The monoisotopic (exact) mass is 410 g/mol. The van der Waals surface area contributed by atoms with Crippen molar-refractivity contribution in [3.05, 3.63) is 47.8 Å².